The molecule has 0 bridgehead atoms. The SMILES string of the molecule is CCOC(=O)C1CCN(C(=O)C(=O)NCCCN2CCOCC2)CC1. The Morgan fingerprint density at radius 2 is 1.80 bits per heavy atom. The van der Waals surface area contributed by atoms with Crippen LogP contribution in [0.25, 0.3) is 0 Å². The van der Waals surface area contributed by atoms with Gasteiger partial charge in [-0.3, -0.25) is 19.3 Å². The Morgan fingerprint density at radius 3 is 2.44 bits per heavy atom. The van der Waals surface area contributed by atoms with Gasteiger partial charge in [0.25, 0.3) is 0 Å². The molecule has 25 heavy (non-hydrogen) atoms. The van der Waals surface area contributed by atoms with E-state index in [1.165, 1.54) is 4.90 Å². The van der Waals surface area contributed by atoms with Crippen molar-refractivity contribution in [2.75, 3.05) is 59.1 Å². The number of likely N-dealkylation sites (tertiary alicyclic amines) is 1. The number of nitrogens with zero attached hydrogens (tertiary/aromatic N) is 2. The Hall–Kier alpha value is -1.67. The average molecular weight is 355 g/mol. The highest BCUT2D eigenvalue weighted by molar-refractivity contribution is 6.35. The molecule has 0 radical (unpaired) electrons. The molecule has 142 valence electrons. The molecule has 8 heteroatoms. The highest BCUT2D eigenvalue weighted by Gasteiger charge is 2.30. The molecule has 2 heterocycles. The Kier molecular flexibility index (Phi) is 8.14. The normalized spacial score (nSPS) is 19.5. The van der Waals surface area contributed by atoms with Crippen LogP contribution < -0.4 is 5.32 Å². The van der Waals surface area contributed by atoms with Crippen molar-refractivity contribution < 1.29 is 23.9 Å². The molecule has 0 aromatic rings. The molecule has 0 atom stereocenters. The maximum atomic E-state index is 12.2. The summed E-state index contributed by atoms with van der Waals surface area (Å²) in [5.74, 6) is -1.44. The Labute approximate surface area is 148 Å². The number of esters is 1. The summed E-state index contributed by atoms with van der Waals surface area (Å²) in [6, 6.07) is 0. The van der Waals surface area contributed by atoms with Crippen LogP contribution in [0.2, 0.25) is 0 Å². The molecule has 0 aromatic heterocycles. The van der Waals surface area contributed by atoms with E-state index in [1.54, 1.807) is 6.92 Å². The number of carbonyl (C=O) groups is 3. The molecule has 8 nitrogen and oxygen atoms in total. The van der Waals surface area contributed by atoms with E-state index in [-0.39, 0.29) is 11.9 Å². The van der Waals surface area contributed by atoms with Gasteiger partial charge in [-0.2, -0.15) is 0 Å². The highest BCUT2D eigenvalue weighted by Crippen LogP contribution is 2.18. The zero-order valence-electron chi connectivity index (χ0n) is 15.0. The number of hydrogen-bond acceptors (Lipinski definition) is 6. The summed E-state index contributed by atoms with van der Waals surface area (Å²) in [6.07, 6.45) is 1.91. The van der Waals surface area contributed by atoms with Gasteiger partial charge in [-0.15, -0.1) is 0 Å². The molecule has 2 aliphatic rings. The highest BCUT2D eigenvalue weighted by atomic mass is 16.5. The predicted molar refractivity (Wildman–Crippen MR) is 90.8 cm³/mol. The quantitative estimate of drug-likeness (QED) is 0.397. The van der Waals surface area contributed by atoms with Crippen molar-refractivity contribution in [1.82, 2.24) is 15.1 Å². The zero-order chi connectivity index (χ0) is 18.1. The monoisotopic (exact) mass is 355 g/mol. The Bertz CT molecular complexity index is 457. The molecule has 0 saturated carbocycles. The van der Waals surface area contributed by atoms with Gasteiger partial charge in [-0.1, -0.05) is 0 Å². The minimum Gasteiger partial charge on any atom is -0.466 e. The van der Waals surface area contributed by atoms with Crippen LogP contribution in [-0.4, -0.2) is 86.7 Å². The molecule has 0 aromatic carbocycles. The Morgan fingerprint density at radius 1 is 1.12 bits per heavy atom. The van der Waals surface area contributed by atoms with Crippen LogP contribution in [0.5, 0.6) is 0 Å². The lowest BCUT2D eigenvalue weighted by atomic mass is 9.97. The van der Waals surface area contributed by atoms with E-state index in [4.69, 9.17) is 9.47 Å². The van der Waals surface area contributed by atoms with Crippen molar-refractivity contribution in [3.63, 3.8) is 0 Å². The number of hydrogen-bond donors (Lipinski definition) is 1. The van der Waals surface area contributed by atoms with Crippen LogP contribution in [-0.2, 0) is 23.9 Å². The summed E-state index contributed by atoms with van der Waals surface area (Å²) >= 11 is 0. The fourth-order valence-electron chi connectivity index (χ4n) is 3.13. The molecule has 0 unspecified atom stereocenters. The van der Waals surface area contributed by atoms with Crippen molar-refractivity contribution in [2.45, 2.75) is 26.2 Å². The van der Waals surface area contributed by atoms with Crippen molar-refractivity contribution in [3.8, 4) is 0 Å². The first-order chi connectivity index (χ1) is 12.1. The largest absolute Gasteiger partial charge is 0.466 e. The first-order valence-electron chi connectivity index (χ1n) is 9.15. The van der Waals surface area contributed by atoms with E-state index in [2.05, 4.69) is 10.2 Å². The van der Waals surface area contributed by atoms with Gasteiger partial charge in [0, 0.05) is 32.7 Å². The van der Waals surface area contributed by atoms with Crippen LogP contribution in [0.1, 0.15) is 26.2 Å². The maximum Gasteiger partial charge on any atom is 0.311 e. The molecule has 1 N–H and O–H groups in total. The molecule has 0 spiro atoms. The van der Waals surface area contributed by atoms with Crippen LogP contribution in [0.4, 0.5) is 0 Å². The molecule has 2 fully saturated rings. The van der Waals surface area contributed by atoms with Gasteiger partial charge in [0.1, 0.15) is 0 Å². The average Bonchev–Trinajstić information content (AvgIpc) is 2.65. The number of ether oxygens (including phenoxy) is 2. The predicted octanol–water partition coefficient (Wildman–Crippen LogP) is -0.373. The van der Waals surface area contributed by atoms with Gasteiger partial charge < -0.3 is 19.7 Å². The van der Waals surface area contributed by atoms with Gasteiger partial charge >= 0.3 is 17.8 Å². The third-order valence-electron chi connectivity index (χ3n) is 4.64. The zero-order valence-corrected chi connectivity index (χ0v) is 15.0. The molecule has 2 amide bonds. The summed E-state index contributed by atoms with van der Waals surface area (Å²) in [7, 11) is 0. The molecule has 2 aliphatic heterocycles. The van der Waals surface area contributed by atoms with Crippen molar-refractivity contribution in [1.29, 1.82) is 0 Å². The van der Waals surface area contributed by atoms with E-state index < -0.39 is 11.8 Å². The Balaban J connectivity index is 1.61. The summed E-state index contributed by atoms with van der Waals surface area (Å²) in [6.45, 7) is 7.71. The number of carbonyl (C=O) groups excluding carboxylic acids is 3. The van der Waals surface area contributed by atoms with Crippen LogP contribution >= 0.6 is 0 Å². The van der Waals surface area contributed by atoms with E-state index in [9.17, 15) is 14.4 Å². The molecule has 2 saturated heterocycles. The molecular formula is C17H29N3O5. The van der Waals surface area contributed by atoms with Crippen LogP contribution in [0, 0.1) is 5.92 Å². The third-order valence-corrected chi connectivity index (χ3v) is 4.64. The molecular weight excluding hydrogens is 326 g/mol. The lowest BCUT2D eigenvalue weighted by molar-refractivity contribution is -0.152. The lowest BCUT2D eigenvalue weighted by Crippen LogP contribution is -2.47. The number of morpholine rings is 1. The smallest absolute Gasteiger partial charge is 0.311 e. The van der Waals surface area contributed by atoms with Crippen molar-refractivity contribution in [2.24, 2.45) is 5.92 Å². The molecule has 0 aliphatic carbocycles. The first-order valence-corrected chi connectivity index (χ1v) is 9.15. The lowest BCUT2D eigenvalue weighted by Gasteiger charge is -2.30. The first kappa shape index (κ1) is 19.7. The van der Waals surface area contributed by atoms with Gasteiger partial charge in [0.05, 0.1) is 25.7 Å². The van der Waals surface area contributed by atoms with Gasteiger partial charge in [0.2, 0.25) is 0 Å². The number of piperidine rings is 1. The number of rotatable bonds is 6. The summed E-state index contributed by atoms with van der Waals surface area (Å²) < 4.78 is 10.3. The van der Waals surface area contributed by atoms with Crippen molar-refractivity contribution in [3.05, 3.63) is 0 Å². The van der Waals surface area contributed by atoms with Crippen LogP contribution in [0.3, 0.4) is 0 Å². The minimum absolute atomic E-state index is 0.166. The number of amides is 2. The summed E-state index contributed by atoms with van der Waals surface area (Å²) in [4.78, 5) is 39.7. The van der Waals surface area contributed by atoms with E-state index in [1.807, 2.05) is 0 Å². The van der Waals surface area contributed by atoms with Crippen LogP contribution in [0.15, 0.2) is 0 Å². The molecule has 2 rings (SSSR count). The van der Waals surface area contributed by atoms with E-state index in [0.29, 0.717) is 39.1 Å². The fourth-order valence-corrected chi connectivity index (χ4v) is 3.13. The second-order valence-electron chi connectivity index (χ2n) is 6.38. The van der Waals surface area contributed by atoms with E-state index >= 15 is 0 Å². The van der Waals surface area contributed by atoms with Gasteiger partial charge in [-0.25, -0.2) is 0 Å². The second-order valence-corrected chi connectivity index (χ2v) is 6.38. The van der Waals surface area contributed by atoms with Gasteiger partial charge in [-0.05, 0) is 32.7 Å². The summed E-state index contributed by atoms with van der Waals surface area (Å²) in [5, 5.41) is 2.69. The van der Waals surface area contributed by atoms with E-state index in [0.717, 1.165) is 39.3 Å². The third kappa shape index (κ3) is 6.28. The maximum absolute atomic E-state index is 12.2. The minimum atomic E-state index is -0.559. The topological polar surface area (TPSA) is 88.2 Å². The summed E-state index contributed by atoms with van der Waals surface area (Å²) in [5.41, 5.74) is 0. The number of nitrogens with one attached hydrogen (secondary N) is 1. The standard InChI is InChI=1S/C17H29N3O5/c1-2-25-17(23)14-4-8-20(9-5-14)16(22)15(21)18-6-3-7-19-10-12-24-13-11-19/h14H,2-13H2,1H3,(H,18,21). The fraction of sp³-hybridized carbons (Fsp3) is 0.824. The van der Waals surface area contributed by atoms with Crippen molar-refractivity contribution >= 4 is 17.8 Å². The van der Waals surface area contributed by atoms with Gasteiger partial charge in [0.15, 0.2) is 0 Å². The second kappa shape index (κ2) is 10.4.